The molecule has 0 radical (unpaired) electrons. The van der Waals surface area contributed by atoms with Gasteiger partial charge in [-0.2, -0.15) is 0 Å². The normalized spacial score (nSPS) is 18.0. The first-order chi connectivity index (χ1) is 15.6. The fourth-order valence-corrected chi connectivity index (χ4v) is 3.97. The van der Waals surface area contributed by atoms with Crippen molar-refractivity contribution in [1.29, 1.82) is 0 Å². The van der Waals surface area contributed by atoms with Crippen LogP contribution in [0.1, 0.15) is 11.6 Å². The summed E-state index contributed by atoms with van der Waals surface area (Å²) in [7, 11) is 0. The van der Waals surface area contributed by atoms with Gasteiger partial charge in [-0.05, 0) is 42.0 Å². The standard InChI is InChI=1S/C24H19FN4O3/c25-18-8-10-19(11-9-18)29-23(17-6-12-20(30)13-7-17)22(32-24(29)31)15-28-21(14-26-27-28)16-4-2-1-3-5-16/h1-14,22-23,30H,15H2/t22-,23-/m1/s1. The summed E-state index contributed by atoms with van der Waals surface area (Å²) in [5.41, 5.74) is 3.02. The van der Waals surface area contributed by atoms with Crippen LogP contribution in [0.2, 0.25) is 0 Å². The first kappa shape index (κ1) is 19.7. The number of aromatic hydroxyl groups is 1. The second-order valence-electron chi connectivity index (χ2n) is 7.47. The van der Waals surface area contributed by atoms with Gasteiger partial charge in [-0.25, -0.2) is 13.9 Å². The maximum atomic E-state index is 13.5. The highest BCUT2D eigenvalue weighted by Gasteiger charge is 2.44. The van der Waals surface area contributed by atoms with Gasteiger partial charge in [0.1, 0.15) is 23.7 Å². The topological polar surface area (TPSA) is 80.5 Å². The summed E-state index contributed by atoms with van der Waals surface area (Å²) in [5, 5.41) is 18.0. The first-order valence-electron chi connectivity index (χ1n) is 10.1. The van der Waals surface area contributed by atoms with E-state index in [0.29, 0.717) is 5.69 Å². The van der Waals surface area contributed by atoms with Gasteiger partial charge in [-0.3, -0.25) is 4.90 Å². The van der Waals surface area contributed by atoms with E-state index in [4.69, 9.17) is 4.74 Å². The van der Waals surface area contributed by atoms with E-state index < -0.39 is 24.1 Å². The third-order valence-electron chi connectivity index (χ3n) is 5.46. The summed E-state index contributed by atoms with van der Waals surface area (Å²) in [5.74, 6) is -0.277. The minimum absolute atomic E-state index is 0.117. The van der Waals surface area contributed by atoms with E-state index in [2.05, 4.69) is 10.3 Å². The number of carbonyl (C=O) groups is 1. The second-order valence-corrected chi connectivity index (χ2v) is 7.47. The Kier molecular flexibility index (Phi) is 5.03. The van der Waals surface area contributed by atoms with E-state index in [1.165, 1.54) is 29.2 Å². The van der Waals surface area contributed by atoms with Crippen molar-refractivity contribution < 1.29 is 19.0 Å². The predicted octanol–water partition coefficient (Wildman–Crippen LogP) is 4.56. The Morgan fingerprint density at radius 2 is 1.69 bits per heavy atom. The maximum absolute atomic E-state index is 13.5. The summed E-state index contributed by atoms with van der Waals surface area (Å²) in [6, 6.07) is 21.5. The molecule has 0 spiro atoms. The largest absolute Gasteiger partial charge is 0.508 e. The molecule has 0 unspecified atom stereocenters. The highest BCUT2D eigenvalue weighted by molar-refractivity contribution is 5.91. The molecule has 2 heterocycles. The number of halogens is 1. The number of rotatable bonds is 5. The minimum Gasteiger partial charge on any atom is -0.508 e. The van der Waals surface area contributed by atoms with E-state index in [1.807, 2.05) is 30.3 Å². The van der Waals surface area contributed by atoms with E-state index >= 15 is 0 Å². The zero-order valence-electron chi connectivity index (χ0n) is 16.9. The smallest absolute Gasteiger partial charge is 0.415 e. The number of nitrogens with zero attached hydrogens (tertiary/aromatic N) is 4. The summed E-state index contributed by atoms with van der Waals surface area (Å²) >= 11 is 0. The molecule has 1 fully saturated rings. The molecule has 32 heavy (non-hydrogen) atoms. The molecule has 1 N–H and O–H groups in total. The molecule has 1 aromatic heterocycles. The maximum Gasteiger partial charge on any atom is 0.415 e. The lowest BCUT2D eigenvalue weighted by Crippen LogP contribution is -2.31. The van der Waals surface area contributed by atoms with Gasteiger partial charge in [0.05, 0.1) is 18.4 Å². The molecule has 0 saturated carbocycles. The summed E-state index contributed by atoms with van der Waals surface area (Å²) < 4.78 is 21.0. The van der Waals surface area contributed by atoms with Gasteiger partial charge in [0.2, 0.25) is 0 Å². The molecule has 4 aromatic rings. The van der Waals surface area contributed by atoms with Gasteiger partial charge < -0.3 is 9.84 Å². The second kappa shape index (κ2) is 8.14. The summed E-state index contributed by atoms with van der Waals surface area (Å²) in [6.07, 6.45) is 0.529. The Morgan fingerprint density at radius 3 is 2.41 bits per heavy atom. The zero-order chi connectivity index (χ0) is 22.1. The quantitative estimate of drug-likeness (QED) is 0.502. The van der Waals surface area contributed by atoms with Crippen molar-refractivity contribution in [1.82, 2.24) is 15.0 Å². The SMILES string of the molecule is O=C1O[C@H](Cn2nncc2-c2ccccc2)[C@@H](c2ccc(O)cc2)N1c1ccc(F)cc1. The number of aromatic nitrogens is 3. The van der Waals surface area contributed by atoms with Gasteiger partial charge in [-0.15, -0.1) is 5.10 Å². The van der Waals surface area contributed by atoms with Crippen molar-refractivity contribution in [2.24, 2.45) is 0 Å². The van der Waals surface area contributed by atoms with Crippen molar-refractivity contribution in [3.63, 3.8) is 0 Å². The molecule has 0 aliphatic carbocycles. The molecule has 0 bridgehead atoms. The van der Waals surface area contributed by atoms with Crippen LogP contribution < -0.4 is 4.90 Å². The van der Waals surface area contributed by atoms with Crippen molar-refractivity contribution in [3.8, 4) is 17.0 Å². The van der Waals surface area contributed by atoms with E-state index in [9.17, 15) is 14.3 Å². The molecule has 8 heteroatoms. The molecule has 1 saturated heterocycles. The number of cyclic esters (lactones) is 1. The van der Waals surface area contributed by atoms with Gasteiger partial charge in [0, 0.05) is 11.3 Å². The Hall–Kier alpha value is -4.20. The monoisotopic (exact) mass is 430 g/mol. The number of hydrogen-bond acceptors (Lipinski definition) is 5. The van der Waals surface area contributed by atoms with Crippen molar-refractivity contribution in [2.45, 2.75) is 18.7 Å². The lowest BCUT2D eigenvalue weighted by Gasteiger charge is -2.25. The lowest BCUT2D eigenvalue weighted by atomic mass is 9.99. The predicted molar refractivity (Wildman–Crippen MR) is 115 cm³/mol. The van der Waals surface area contributed by atoms with Crippen molar-refractivity contribution >= 4 is 11.8 Å². The number of hydrogen-bond donors (Lipinski definition) is 1. The first-order valence-corrected chi connectivity index (χ1v) is 10.1. The van der Waals surface area contributed by atoms with E-state index in [1.54, 1.807) is 35.1 Å². The average Bonchev–Trinajstić information content (AvgIpc) is 3.40. The number of phenols is 1. The van der Waals surface area contributed by atoms with Crippen molar-refractivity contribution in [3.05, 3.63) is 96.4 Å². The molecule has 1 aliphatic rings. The number of benzene rings is 3. The number of phenolic OH excluding ortho intramolecular Hbond substituents is 1. The summed E-state index contributed by atoms with van der Waals surface area (Å²) in [4.78, 5) is 14.4. The highest BCUT2D eigenvalue weighted by Crippen LogP contribution is 2.39. The van der Waals surface area contributed by atoms with Crippen LogP contribution in [-0.2, 0) is 11.3 Å². The van der Waals surface area contributed by atoms with Crippen LogP contribution in [0.4, 0.5) is 14.9 Å². The van der Waals surface area contributed by atoms with Crippen LogP contribution in [0, 0.1) is 5.82 Å². The fraction of sp³-hybridized carbons (Fsp3) is 0.125. The Bertz CT molecular complexity index is 1230. The minimum atomic E-state index is -0.596. The Balaban J connectivity index is 1.53. The Labute approximate surface area is 183 Å². The molecule has 160 valence electrons. The van der Waals surface area contributed by atoms with Crippen molar-refractivity contribution in [2.75, 3.05) is 4.90 Å². The molecular weight excluding hydrogens is 411 g/mol. The molecule has 1 aliphatic heterocycles. The van der Waals surface area contributed by atoms with Crippen LogP contribution in [-0.4, -0.2) is 32.3 Å². The highest BCUT2D eigenvalue weighted by atomic mass is 19.1. The van der Waals surface area contributed by atoms with Crippen LogP contribution in [0.25, 0.3) is 11.3 Å². The van der Waals surface area contributed by atoms with Gasteiger partial charge in [-0.1, -0.05) is 47.7 Å². The molecule has 3 aromatic carbocycles. The Morgan fingerprint density at radius 1 is 0.969 bits per heavy atom. The molecule has 5 rings (SSSR count). The zero-order valence-corrected chi connectivity index (χ0v) is 16.9. The number of amides is 1. The molecular formula is C24H19FN4O3. The third-order valence-corrected chi connectivity index (χ3v) is 5.46. The van der Waals surface area contributed by atoms with Gasteiger partial charge in [0.25, 0.3) is 0 Å². The summed E-state index contributed by atoms with van der Waals surface area (Å²) in [6.45, 7) is 0.263. The molecule has 2 atom stereocenters. The number of carbonyl (C=O) groups excluding carboxylic acids is 1. The number of anilines is 1. The van der Waals surface area contributed by atoms with Crippen LogP contribution in [0.5, 0.6) is 5.75 Å². The van der Waals surface area contributed by atoms with Crippen LogP contribution >= 0.6 is 0 Å². The average molecular weight is 430 g/mol. The third kappa shape index (κ3) is 3.66. The molecule has 7 nitrogen and oxygen atoms in total. The lowest BCUT2D eigenvalue weighted by molar-refractivity contribution is 0.118. The van der Waals surface area contributed by atoms with E-state index in [0.717, 1.165) is 16.8 Å². The number of ether oxygens (including phenoxy) is 1. The van der Waals surface area contributed by atoms with Gasteiger partial charge in [0.15, 0.2) is 0 Å². The van der Waals surface area contributed by atoms with E-state index in [-0.39, 0.29) is 12.3 Å². The van der Waals surface area contributed by atoms with Gasteiger partial charge >= 0.3 is 6.09 Å². The van der Waals surface area contributed by atoms with Crippen LogP contribution in [0.3, 0.4) is 0 Å². The fourth-order valence-electron chi connectivity index (χ4n) is 3.97. The van der Waals surface area contributed by atoms with Crippen LogP contribution in [0.15, 0.2) is 85.1 Å². The molecule has 1 amide bonds.